The first-order valence-electron chi connectivity index (χ1n) is 6.77. The van der Waals surface area contributed by atoms with Gasteiger partial charge in [-0.2, -0.15) is 0 Å². The summed E-state index contributed by atoms with van der Waals surface area (Å²) in [5, 5.41) is 3.57. The second kappa shape index (κ2) is 6.10. The minimum Gasteiger partial charge on any atom is -0.493 e. The standard InChI is InChI=1S/C15H23NO2/c1-4-18-14-8-5-12(9-15(14)17-3)10-16-11(2)13-6-7-13/h5,8-9,11,13,16H,4,6-7,10H2,1-3H3. The van der Waals surface area contributed by atoms with Gasteiger partial charge in [-0.05, 0) is 50.3 Å². The third-order valence-electron chi connectivity index (χ3n) is 3.49. The summed E-state index contributed by atoms with van der Waals surface area (Å²) < 4.78 is 10.9. The highest BCUT2D eigenvalue weighted by molar-refractivity contribution is 5.42. The second-order valence-electron chi connectivity index (χ2n) is 4.93. The maximum atomic E-state index is 5.51. The average molecular weight is 249 g/mol. The van der Waals surface area contributed by atoms with Crippen LogP contribution in [-0.4, -0.2) is 19.8 Å². The van der Waals surface area contributed by atoms with Gasteiger partial charge < -0.3 is 14.8 Å². The number of hydrogen-bond donors (Lipinski definition) is 1. The lowest BCUT2D eigenvalue weighted by atomic mass is 10.1. The van der Waals surface area contributed by atoms with Gasteiger partial charge in [0.05, 0.1) is 13.7 Å². The van der Waals surface area contributed by atoms with Gasteiger partial charge in [0.25, 0.3) is 0 Å². The highest BCUT2D eigenvalue weighted by atomic mass is 16.5. The van der Waals surface area contributed by atoms with Crippen molar-refractivity contribution >= 4 is 0 Å². The Hall–Kier alpha value is -1.22. The number of ether oxygens (including phenoxy) is 2. The van der Waals surface area contributed by atoms with Gasteiger partial charge in [0, 0.05) is 12.6 Å². The number of nitrogens with one attached hydrogen (secondary N) is 1. The van der Waals surface area contributed by atoms with Crippen LogP contribution in [0.5, 0.6) is 11.5 Å². The van der Waals surface area contributed by atoms with Gasteiger partial charge in [-0.3, -0.25) is 0 Å². The lowest BCUT2D eigenvalue weighted by molar-refractivity contribution is 0.310. The molecule has 0 aromatic heterocycles. The number of methoxy groups -OCH3 is 1. The summed E-state index contributed by atoms with van der Waals surface area (Å²) in [5.41, 5.74) is 1.24. The van der Waals surface area contributed by atoms with Gasteiger partial charge in [0.1, 0.15) is 0 Å². The van der Waals surface area contributed by atoms with Gasteiger partial charge in [-0.25, -0.2) is 0 Å². The molecule has 100 valence electrons. The summed E-state index contributed by atoms with van der Waals surface area (Å²) >= 11 is 0. The number of benzene rings is 1. The minimum absolute atomic E-state index is 0.613. The van der Waals surface area contributed by atoms with Crippen molar-refractivity contribution in [1.82, 2.24) is 5.32 Å². The molecule has 3 heteroatoms. The molecule has 3 nitrogen and oxygen atoms in total. The van der Waals surface area contributed by atoms with Crippen LogP contribution in [0.25, 0.3) is 0 Å². The van der Waals surface area contributed by atoms with Crippen molar-refractivity contribution in [3.8, 4) is 11.5 Å². The Bertz CT molecular complexity index is 388. The molecule has 0 saturated heterocycles. The summed E-state index contributed by atoms with van der Waals surface area (Å²) in [6.07, 6.45) is 2.75. The van der Waals surface area contributed by atoms with Crippen LogP contribution in [-0.2, 0) is 6.54 Å². The minimum atomic E-state index is 0.613. The molecule has 1 atom stereocenters. The predicted octanol–water partition coefficient (Wildman–Crippen LogP) is 2.98. The van der Waals surface area contributed by atoms with Crippen molar-refractivity contribution in [3.63, 3.8) is 0 Å². The Morgan fingerprint density at radius 2 is 2.11 bits per heavy atom. The Labute approximate surface area is 109 Å². The Morgan fingerprint density at radius 3 is 2.72 bits per heavy atom. The summed E-state index contributed by atoms with van der Waals surface area (Å²) in [4.78, 5) is 0. The third-order valence-corrected chi connectivity index (χ3v) is 3.49. The Morgan fingerprint density at radius 1 is 1.33 bits per heavy atom. The molecule has 0 aliphatic heterocycles. The van der Waals surface area contributed by atoms with E-state index in [-0.39, 0.29) is 0 Å². The molecular formula is C15H23NO2. The van der Waals surface area contributed by atoms with Crippen LogP contribution in [0.4, 0.5) is 0 Å². The van der Waals surface area contributed by atoms with E-state index in [0.29, 0.717) is 12.6 Å². The average Bonchev–Trinajstić information content (AvgIpc) is 3.21. The molecule has 0 radical (unpaired) electrons. The zero-order chi connectivity index (χ0) is 13.0. The first-order chi connectivity index (χ1) is 8.74. The fraction of sp³-hybridized carbons (Fsp3) is 0.600. The van der Waals surface area contributed by atoms with Crippen LogP contribution in [0.3, 0.4) is 0 Å². The molecule has 18 heavy (non-hydrogen) atoms. The Kier molecular flexibility index (Phi) is 4.48. The van der Waals surface area contributed by atoms with Crippen LogP contribution >= 0.6 is 0 Å². The van der Waals surface area contributed by atoms with E-state index < -0.39 is 0 Å². The molecule has 1 unspecified atom stereocenters. The lowest BCUT2D eigenvalue weighted by Gasteiger charge is -2.14. The van der Waals surface area contributed by atoms with Gasteiger partial charge in [-0.15, -0.1) is 0 Å². The molecule has 0 heterocycles. The normalized spacial score (nSPS) is 16.4. The molecule has 1 fully saturated rings. The second-order valence-corrected chi connectivity index (χ2v) is 4.93. The van der Waals surface area contributed by atoms with Crippen molar-refractivity contribution in [2.24, 2.45) is 5.92 Å². The maximum Gasteiger partial charge on any atom is 0.161 e. The number of hydrogen-bond acceptors (Lipinski definition) is 3. The molecule has 1 saturated carbocycles. The third kappa shape index (κ3) is 3.39. The van der Waals surface area contributed by atoms with E-state index in [9.17, 15) is 0 Å². The van der Waals surface area contributed by atoms with Gasteiger partial charge in [-0.1, -0.05) is 6.07 Å². The van der Waals surface area contributed by atoms with Crippen molar-refractivity contribution in [2.45, 2.75) is 39.3 Å². The van der Waals surface area contributed by atoms with E-state index in [1.807, 2.05) is 13.0 Å². The summed E-state index contributed by atoms with van der Waals surface area (Å²) in [6.45, 7) is 5.79. The van der Waals surface area contributed by atoms with Crippen LogP contribution in [0.2, 0.25) is 0 Å². The topological polar surface area (TPSA) is 30.5 Å². The molecule has 1 aromatic carbocycles. The van der Waals surface area contributed by atoms with Gasteiger partial charge >= 0.3 is 0 Å². The smallest absolute Gasteiger partial charge is 0.161 e. The largest absolute Gasteiger partial charge is 0.493 e. The lowest BCUT2D eigenvalue weighted by Crippen LogP contribution is -2.27. The van der Waals surface area contributed by atoms with Crippen molar-refractivity contribution in [2.75, 3.05) is 13.7 Å². The molecule has 1 aromatic rings. The van der Waals surface area contributed by atoms with Crippen LogP contribution in [0.15, 0.2) is 18.2 Å². The zero-order valence-electron chi connectivity index (χ0n) is 11.5. The van der Waals surface area contributed by atoms with Crippen LogP contribution in [0.1, 0.15) is 32.3 Å². The molecule has 0 spiro atoms. The first kappa shape index (κ1) is 13.2. The molecule has 0 bridgehead atoms. The summed E-state index contributed by atoms with van der Waals surface area (Å²) in [5.74, 6) is 2.52. The van der Waals surface area contributed by atoms with E-state index in [1.54, 1.807) is 7.11 Å². The summed E-state index contributed by atoms with van der Waals surface area (Å²) in [6, 6.07) is 6.75. The summed E-state index contributed by atoms with van der Waals surface area (Å²) in [7, 11) is 1.68. The van der Waals surface area contributed by atoms with Crippen molar-refractivity contribution < 1.29 is 9.47 Å². The highest BCUT2D eigenvalue weighted by Gasteiger charge is 2.27. The molecule has 1 aliphatic carbocycles. The Balaban J connectivity index is 1.95. The van der Waals surface area contributed by atoms with Gasteiger partial charge in [0.15, 0.2) is 11.5 Å². The molecule has 1 aliphatic rings. The SMILES string of the molecule is CCOc1ccc(CNC(C)C2CC2)cc1OC. The van der Waals surface area contributed by atoms with E-state index in [2.05, 4.69) is 24.4 Å². The molecule has 1 N–H and O–H groups in total. The van der Waals surface area contributed by atoms with Gasteiger partial charge in [0.2, 0.25) is 0 Å². The quantitative estimate of drug-likeness (QED) is 0.806. The fourth-order valence-corrected chi connectivity index (χ4v) is 2.14. The molecule has 0 amide bonds. The van der Waals surface area contributed by atoms with Crippen molar-refractivity contribution in [1.29, 1.82) is 0 Å². The van der Waals surface area contributed by atoms with E-state index in [4.69, 9.17) is 9.47 Å². The predicted molar refractivity (Wildman–Crippen MR) is 73.2 cm³/mol. The fourth-order valence-electron chi connectivity index (χ4n) is 2.14. The molecular weight excluding hydrogens is 226 g/mol. The van der Waals surface area contributed by atoms with E-state index >= 15 is 0 Å². The monoisotopic (exact) mass is 249 g/mol. The number of rotatable bonds is 7. The van der Waals surface area contributed by atoms with Crippen LogP contribution < -0.4 is 14.8 Å². The first-order valence-corrected chi connectivity index (χ1v) is 6.77. The van der Waals surface area contributed by atoms with Crippen LogP contribution in [0, 0.1) is 5.92 Å². The van der Waals surface area contributed by atoms with E-state index in [0.717, 1.165) is 24.0 Å². The molecule has 2 rings (SSSR count). The van der Waals surface area contributed by atoms with E-state index in [1.165, 1.54) is 18.4 Å². The highest BCUT2D eigenvalue weighted by Crippen LogP contribution is 2.32. The van der Waals surface area contributed by atoms with Crippen molar-refractivity contribution in [3.05, 3.63) is 23.8 Å². The zero-order valence-corrected chi connectivity index (χ0v) is 11.5. The maximum absolute atomic E-state index is 5.51.